The van der Waals surface area contributed by atoms with Gasteiger partial charge in [-0.05, 0) is 24.1 Å². The highest BCUT2D eigenvalue weighted by Crippen LogP contribution is 2.09. The zero-order valence-electron chi connectivity index (χ0n) is 11.0. The number of ether oxygens (including phenoxy) is 1. The maximum Gasteiger partial charge on any atom is 0.309 e. The van der Waals surface area contributed by atoms with Crippen LogP contribution in [-0.2, 0) is 20.7 Å². The highest BCUT2D eigenvalue weighted by molar-refractivity contribution is 6.35. The first kappa shape index (κ1) is 16.0. The summed E-state index contributed by atoms with van der Waals surface area (Å²) < 4.78 is 4.82. The van der Waals surface area contributed by atoms with E-state index in [0.717, 1.165) is 5.56 Å². The molecule has 5 nitrogen and oxygen atoms in total. The van der Waals surface area contributed by atoms with Crippen LogP contribution in [0.1, 0.15) is 5.56 Å². The molecule has 0 aliphatic carbocycles. The van der Waals surface area contributed by atoms with Crippen LogP contribution >= 0.6 is 11.6 Å². The number of carbonyl (C=O) groups excluding carboxylic acids is 2. The number of nitrogens with one attached hydrogen (secondary N) is 2. The van der Waals surface area contributed by atoms with Crippen molar-refractivity contribution in [2.24, 2.45) is 0 Å². The summed E-state index contributed by atoms with van der Waals surface area (Å²) in [5, 5.41) is 5.64. The molecule has 0 unspecified atom stereocenters. The summed E-state index contributed by atoms with van der Waals surface area (Å²) in [5.74, 6) is -1.33. The second kappa shape index (κ2) is 8.98. The maximum absolute atomic E-state index is 11.4. The maximum atomic E-state index is 11.4. The highest BCUT2D eigenvalue weighted by Gasteiger charge is 2.11. The van der Waals surface area contributed by atoms with Crippen LogP contribution < -0.4 is 10.6 Å². The summed E-state index contributed by atoms with van der Waals surface area (Å²) in [6, 6.07) is 7.32. The van der Waals surface area contributed by atoms with Crippen molar-refractivity contribution in [3.63, 3.8) is 0 Å². The molecule has 6 heteroatoms. The quantitative estimate of drug-likeness (QED) is 0.452. The van der Waals surface area contributed by atoms with Gasteiger partial charge in [-0.3, -0.25) is 9.59 Å². The Hall–Kier alpha value is -2.01. The Kier molecular flexibility index (Phi) is 7.21. The zero-order chi connectivity index (χ0) is 14.8. The fraction of sp³-hybridized carbons (Fsp3) is 0.286. The fourth-order valence-electron chi connectivity index (χ4n) is 1.44. The lowest BCUT2D eigenvalue weighted by atomic mass is 10.1. The van der Waals surface area contributed by atoms with Crippen molar-refractivity contribution >= 4 is 23.4 Å². The van der Waals surface area contributed by atoms with Crippen molar-refractivity contribution in [1.82, 2.24) is 10.6 Å². The van der Waals surface area contributed by atoms with E-state index in [1.165, 1.54) is 6.26 Å². The Morgan fingerprint density at radius 3 is 2.35 bits per heavy atom. The highest BCUT2D eigenvalue weighted by atomic mass is 35.5. The molecule has 0 aliphatic heterocycles. The molecular weight excluding hydrogens is 280 g/mol. The van der Waals surface area contributed by atoms with Crippen molar-refractivity contribution in [2.75, 3.05) is 19.7 Å². The second-order valence-electron chi connectivity index (χ2n) is 3.93. The van der Waals surface area contributed by atoms with Gasteiger partial charge in [-0.15, -0.1) is 0 Å². The predicted molar refractivity (Wildman–Crippen MR) is 77.3 cm³/mol. The van der Waals surface area contributed by atoms with Crippen molar-refractivity contribution < 1.29 is 14.3 Å². The van der Waals surface area contributed by atoms with Gasteiger partial charge in [0, 0.05) is 11.6 Å². The first-order valence-corrected chi connectivity index (χ1v) is 6.54. The normalized spacial score (nSPS) is 9.65. The molecule has 0 saturated heterocycles. The van der Waals surface area contributed by atoms with Crippen molar-refractivity contribution in [1.29, 1.82) is 0 Å². The molecule has 0 atom stereocenters. The first-order valence-electron chi connectivity index (χ1n) is 6.16. The molecule has 1 aromatic rings. The molecule has 2 amide bonds. The number of hydrogen-bond acceptors (Lipinski definition) is 3. The molecule has 0 saturated carbocycles. The van der Waals surface area contributed by atoms with Gasteiger partial charge in [-0.25, -0.2) is 0 Å². The molecule has 0 aromatic heterocycles. The van der Waals surface area contributed by atoms with Crippen LogP contribution in [0.4, 0.5) is 0 Å². The third kappa shape index (κ3) is 6.24. The van der Waals surface area contributed by atoms with Gasteiger partial charge in [0.25, 0.3) is 0 Å². The third-order valence-electron chi connectivity index (χ3n) is 2.44. The lowest BCUT2D eigenvalue weighted by Gasteiger charge is -2.06. The second-order valence-corrected chi connectivity index (χ2v) is 4.36. The fourth-order valence-corrected chi connectivity index (χ4v) is 1.56. The Morgan fingerprint density at radius 1 is 1.15 bits per heavy atom. The number of carbonyl (C=O) groups is 2. The molecule has 1 aromatic carbocycles. The standard InChI is InChI=1S/C14H17ClN2O3/c1-2-20-10-9-17-14(19)13(18)16-8-7-11-3-5-12(15)6-4-11/h2-6H,1,7-10H2,(H,16,18)(H,17,19). The molecular formula is C14H17ClN2O3. The number of amides is 2. The summed E-state index contributed by atoms with van der Waals surface area (Å²) in [6.07, 6.45) is 1.91. The molecule has 108 valence electrons. The average Bonchev–Trinajstić information content (AvgIpc) is 2.45. The monoisotopic (exact) mass is 296 g/mol. The van der Waals surface area contributed by atoms with Crippen LogP contribution in [0.25, 0.3) is 0 Å². The summed E-state index contributed by atoms with van der Waals surface area (Å²) in [7, 11) is 0. The van der Waals surface area contributed by atoms with Gasteiger partial charge in [0.15, 0.2) is 0 Å². The summed E-state index contributed by atoms with van der Waals surface area (Å²) in [5.41, 5.74) is 1.04. The minimum absolute atomic E-state index is 0.259. The Balaban J connectivity index is 2.20. The summed E-state index contributed by atoms with van der Waals surface area (Å²) >= 11 is 5.77. The van der Waals surface area contributed by atoms with Gasteiger partial charge in [-0.2, -0.15) is 0 Å². The van der Waals surface area contributed by atoms with E-state index in [-0.39, 0.29) is 13.2 Å². The molecule has 0 heterocycles. The molecule has 0 spiro atoms. The molecule has 0 aliphatic rings. The summed E-state index contributed by atoms with van der Waals surface area (Å²) in [4.78, 5) is 22.8. The summed E-state index contributed by atoms with van der Waals surface area (Å²) in [6.45, 7) is 4.30. The van der Waals surface area contributed by atoms with E-state index in [1.54, 1.807) is 12.1 Å². The molecule has 0 fully saturated rings. The topological polar surface area (TPSA) is 67.4 Å². The SMILES string of the molecule is C=COCCNC(=O)C(=O)NCCc1ccc(Cl)cc1. The molecule has 20 heavy (non-hydrogen) atoms. The number of rotatable bonds is 7. The van der Waals surface area contributed by atoms with Crippen LogP contribution in [0.15, 0.2) is 37.1 Å². The van der Waals surface area contributed by atoms with E-state index >= 15 is 0 Å². The zero-order valence-corrected chi connectivity index (χ0v) is 11.8. The molecule has 0 radical (unpaired) electrons. The van der Waals surface area contributed by atoms with Crippen LogP contribution in [0.3, 0.4) is 0 Å². The molecule has 2 N–H and O–H groups in total. The van der Waals surface area contributed by atoms with Crippen molar-refractivity contribution in [3.05, 3.63) is 47.7 Å². The first-order chi connectivity index (χ1) is 9.63. The van der Waals surface area contributed by atoms with Gasteiger partial charge >= 0.3 is 11.8 Å². The van der Waals surface area contributed by atoms with Crippen molar-refractivity contribution in [2.45, 2.75) is 6.42 Å². The number of benzene rings is 1. The Labute approximate surface area is 123 Å². The van der Waals surface area contributed by atoms with Crippen LogP contribution in [0.5, 0.6) is 0 Å². The Bertz CT molecular complexity index is 460. The average molecular weight is 297 g/mol. The van der Waals surface area contributed by atoms with Crippen molar-refractivity contribution in [3.8, 4) is 0 Å². The Morgan fingerprint density at radius 2 is 1.75 bits per heavy atom. The lowest BCUT2D eigenvalue weighted by Crippen LogP contribution is -2.41. The van der Waals surface area contributed by atoms with E-state index in [9.17, 15) is 9.59 Å². The minimum atomic E-state index is -0.672. The largest absolute Gasteiger partial charge is 0.500 e. The van der Waals surface area contributed by atoms with Crippen LogP contribution in [0.2, 0.25) is 5.02 Å². The number of halogens is 1. The van der Waals surface area contributed by atoms with Gasteiger partial charge < -0.3 is 15.4 Å². The van der Waals surface area contributed by atoms with Gasteiger partial charge in [0.2, 0.25) is 0 Å². The van der Waals surface area contributed by atoms with Gasteiger partial charge in [0.1, 0.15) is 6.61 Å². The smallest absolute Gasteiger partial charge is 0.309 e. The third-order valence-corrected chi connectivity index (χ3v) is 2.69. The molecule has 0 bridgehead atoms. The predicted octanol–water partition coefficient (Wildman–Crippen LogP) is 1.28. The molecule has 1 rings (SSSR count). The van der Waals surface area contributed by atoms with E-state index < -0.39 is 11.8 Å². The lowest BCUT2D eigenvalue weighted by molar-refractivity contribution is -0.139. The number of hydrogen-bond donors (Lipinski definition) is 2. The van der Waals surface area contributed by atoms with E-state index in [2.05, 4.69) is 17.2 Å². The van der Waals surface area contributed by atoms with E-state index in [1.807, 2.05) is 12.1 Å². The minimum Gasteiger partial charge on any atom is -0.500 e. The van der Waals surface area contributed by atoms with Gasteiger partial charge in [0.05, 0.1) is 12.8 Å². The van der Waals surface area contributed by atoms with E-state index in [4.69, 9.17) is 16.3 Å². The van der Waals surface area contributed by atoms with Crippen LogP contribution in [0, 0.1) is 0 Å². The van der Waals surface area contributed by atoms with Gasteiger partial charge in [-0.1, -0.05) is 30.3 Å². The van der Waals surface area contributed by atoms with E-state index in [0.29, 0.717) is 18.0 Å². The van der Waals surface area contributed by atoms with Crippen LogP contribution in [-0.4, -0.2) is 31.5 Å².